The van der Waals surface area contributed by atoms with Gasteiger partial charge in [-0.2, -0.15) is 5.26 Å². The van der Waals surface area contributed by atoms with Crippen LogP contribution in [0.15, 0.2) is 18.2 Å². The van der Waals surface area contributed by atoms with Crippen LogP contribution in [0.5, 0.6) is 0 Å². The molecule has 0 saturated carbocycles. The third kappa shape index (κ3) is 4.76. The number of nitrogens with one attached hydrogen (secondary N) is 1. The third-order valence-electron chi connectivity index (χ3n) is 3.21. The van der Waals surface area contributed by atoms with Crippen LogP contribution < -0.4 is 5.32 Å². The molecule has 0 unspecified atom stereocenters. The van der Waals surface area contributed by atoms with Crippen molar-refractivity contribution in [2.45, 2.75) is 12.5 Å². The van der Waals surface area contributed by atoms with Crippen LogP contribution in [-0.2, 0) is 0 Å². The molecule has 1 aromatic rings. The Morgan fingerprint density at radius 1 is 1.35 bits per heavy atom. The first-order chi connectivity index (χ1) is 8.72. The van der Waals surface area contributed by atoms with Gasteiger partial charge >= 0.3 is 0 Å². The fourth-order valence-electron chi connectivity index (χ4n) is 2.26. The summed E-state index contributed by atoms with van der Waals surface area (Å²) in [6.45, 7) is 3.61. The number of benzene rings is 1. The monoisotopic (exact) mass is 339 g/mol. The number of hydrogen-bond acceptors (Lipinski definition) is 3. The first-order valence-corrected chi connectivity index (χ1v) is 6.37. The van der Waals surface area contributed by atoms with E-state index in [2.05, 4.69) is 16.3 Å². The highest BCUT2D eigenvalue weighted by atomic mass is 35.5. The number of hydrogen-bond donors (Lipinski definition) is 1. The predicted molar refractivity (Wildman–Crippen MR) is 83.3 cm³/mol. The van der Waals surface area contributed by atoms with Gasteiger partial charge in [-0.05, 0) is 17.7 Å². The summed E-state index contributed by atoms with van der Waals surface area (Å²) in [6, 6.07) is 6.90. The van der Waals surface area contributed by atoms with Crippen molar-refractivity contribution in [1.29, 1.82) is 5.26 Å². The van der Waals surface area contributed by atoms with E-state index in [9.17, 15) is 4.39 Å². The maximum absolute atomic E-state index is 13.2. The Balaban J connectivity index is 0.00000180. The molecular weight excluding hydrogens is 324 g/mol. The zero-order chi connectivity index (χ0) is 13.0. The second kappa shape index (κ2) is 9.38. The smallest absolute Gasteiger partial charge is 0.141 e. The van der Waals surface area contributed by atoms with E-state index in [1.54, 1.807) is 12.1 Å². The predicted octanol–water partition coefficient (Wildman–Crippen LogP) is 3.18. The van der Waals surface area contributed by atoms with E-state index in [0.717, 1.165) is 31.7 Å². The van der Waals surface area contributed by atoms with Crippen LogP contribution in [0.2, 0.25) is 5.02 Å². The average molecular weight is 341 g/mol. The lowest BCUT2D eigenvalue weighted by atomic mass is 10.0. The zero-order valence-corrected chi connectivity index (χ0v) is 13.2. The van der Waals surface area contributed by atoms with E-state index in [1.165, 1.54) is 6.07 Å². The SMILES string of the molecule is Cl.Cl.N#CC[C@@H](c1ccc(F)c(Cl)c1)N1CCNCC1. The van der Waals surface area contributed by atoms with Crippen molar-refractivity contribution in [3.8, 4) is 6.07 Å². The normalized spacial score (nSPS) is 16.4. The van der Waals surface area contributed by atoms with Gasteiger partial charge in [0.25, 0.3) is 0 Å². The molecule has 0 aliphatic carbocycles. The molecule has 1 saturated heterocycles. The van der Waals surface area contributed by atoms with Gasteiger partial charge in [0.15, 0.2) is 0 Å². The zero-order valence-electron chi connectivity index (χ0n) is 10.8. The number of nitrogens with zero attached hydrogens (tertiary/aromatic N) is 2. The molecule has 7 heteroatoms. The van der Waals surface area contributed by atoms with Crippen molar-refractivity contribution in [1.82, 2.24) is 10.2 Å². The largest absolute Gasteiger partial charge is 0.314 e. The fourth-order valence-corrected chi connectivity index (χ4v) is 2.45. The molecule has 1 heterocycles. The molecule has 1 aliphatic heterocycles. The molecule has 112 valence electrons. The van der Waals surface area contributed by atoms with Crippen LogP contribution in [0.4, 0.5) is 4.39 Å². The Labute approximate surface area is 135 Å². The summed E-state index contributed by atoms with van der Waals surface area (Å²) in [4.78, 5) is 2.24. The molecule has 0 amide bonds. The fraction of sp³-hybridized carbons (Fsp3) is 0.462. The van der Waals surface area contributed by atoms with Crippen LogP contribution in [0, 0.1) is 17.1 Å². The summed E-state index contributed by atoms with van der Waals surface area (Å²) in [7, 11) is 0. The van der Waals surface area contributed by atoms with Gasteiger partial charge in [0.1, 0.15) is 5.82 Å². The summed E-state index contributed by atoms with van der Waals surface area (Å²) in [5.41, 5.74) is 0.907. The highest BCUT2D eigenvalue weighted by Gasteiger charge is 2.22. The van der Waals surface area contributed by atoms with Crippen molar-refractivity contribution in [3.63, 3.8) is 0 Å². The third-order valence-corrected chi connectivity index (χ3v) is 3.50. The van der Waals surface area contributed by atoms with E-state index < -0.39 is 5.82 Å². The summed E-state index contributed by atoms with van der Waals surface area (Å²) < 4.78 is 13.2. The topological polar surface area (TPSA) is 39.1 Å². The maximum Gasteiger partial charge on any atom is 0.141 e. The minimum Gasteiger partial charge on any atom is -0.314 e. The first-order valence-electron chi connectivity index (χ1n) is 5.99. The molecule has 0 radical (unpaired) electrons. The van der Waals surface area contributed by atoms with Crippen LogP contribution in [0.3, 0.4) is 0 Å². The maximum atomic E-state index is 13.2. The van der Waals surface area contributed by atoms with E-state index in [4.69, 9.17) is 16.9 Å². The van der Waals surface area contributed by atoms with Crippen LogP contribution in [0.25, 0.3) is 0 Å². The van der Waals surface area contributed by atoms with Crippen molar-refractivity contribution >= 4 is 36.4 Å². The molecule has 1 aromatic carbocycles. The van der Waals surface area contributed by atoms with Gasteiger partial charge in [-0.15, -0.1) is 24.8 Å². The van der Waals surface area contributed by atoms with Gasteiger partial charge in [-0.25, -0.2) is 4.39 Å². The molecule has 2 rings (SSSR count). The molecule has 0 spiro atoms. The minimum atomic E-state index is -0.420. The summed E-state index contributed by atoms with van der Waals surface area (Å²) in [6.07, 6.45) is 0.391. The number of piperazine rings is 1. The highest BCUT2D eigenvalue weighted by molar-refractivity contribution is 6.30. The average Bonchev–Trinajstić information content (AvgIpc) is 2.40. The first kappa shape index (κ1) is 19.4. The Hall–Kier alpha value is -0.570. The molecule has 0 aromatic heterocycles. The van der Waals surface area contributed by atoms with Gasteiger partial charge in [0.2, 0.25) is 0 Å². The quantitative estimate of drug-likeness (QED) is 0.918. The molecular formula is C13H17Cl3FN3. The van der Waals surface area contributed by atoms with Gasteiger partial charge in [-0.3, -0.25) is 4.90 Å². The van der Waals surface area contributed by atoms with E-state index in [1.807, 2.05) is 0 Å². The Morgan fingerprint density at radius 3 is 2.55 bits per heavy atom. The lowest BCUT2D eigenvalue weighted by molar-refractivity contribution is 0.175. The van der Waals surface area contributed by atoms with Crippen LogP contribution in [0.1, 0.15) is 18.0 Å². The molecule has 1 atom stereocenters. The van der Waals surface area contributed by atoms with Crippen molar-refractivity contribution < 1.29 is 4.39 Å². The Bertz CT molecular complexity index is 459. The van der Waals surface area contributed by atoms with E-state index in [0.29, 0.717) is 6.42 Å². The van der Waals surface area contributed by atoms with E-state index >= 15 is 0 Å². The highest BCUT2D eigenvalue weighted by Crippen LogP contribution is 2.27. The van der Waals surface area contributed by atoms with Gasteiger partial charge in [-0.1, -0.05) is 17.7 Å². The molecule has 3 nitrogen and oxygen atoms in total. The summed E-state index contributed by atoms with van der Waals surface area (Å²) in [5.74, 6) is -0.420. The Kier molecular flexibility index (Phi) is 9.11. The lowest BCUT2D eigenvalue weighted by Crippen LogP contribution is -2.45. The van der Waals surface area contributed by atoms with Crippen molar-refractivity contribution in [3.05, 3.63) is 34.6 Å². The lowest BCUT2D eigenvalue weighted by Gasteiger charge is -2.34. The molecule has 1 aliphatic rings. The number of rotatable bonds is 3. The van der Waals surface area contributed by atoms with Crippen LogP contribution in [-0.4, -0.2) is 31.1 Å². The molecule has 1 fully saturated rings. The summed E-state index contributed by atoms with van der Waals surface area (Å²) >= 11 is 5.81. The van der Waals surface area contributed by atoms with Gasteiger partial charge in [0.05, 0.1) is 17.5 Å². The molecule has 1 N–H and O–H groups in total. The second-order valence-corrected chi connectivity index (χ2v) is 4.74. The molecule has 0 bridgehead atoms. The standard InChI is InChI=1S/C13H15ClFN3.2ClH/c14-11-9-10(1-2-12(11)15)13(3-4-16)18-7-5-17-6-8-18;;/h1-2,9,13,17H,3,5-8H2;2*1H/t13-;;/m0../s1. The van der Waals surface area contributed by atoms with Gasteiger partial charge in [0, 0.05) is 32.2 Å². The number of nitriles is 1. The van der Waals surface area contributed by atoms with Gasteiger partial charge < -0.3 is 5.32 Å². The van der Waals surface area contributed by atoms with Crippen molar-refractivity contribution in [2.24, 2.45) is 0 Å². The molecule has 20 heavy (non-hydrogen) atoms. The number of halogens is 4. The Morgan fingerprint density at radius 2 is 2.00 bits per heavy atom. The minimum absolute atomic E-state index is 0. The van der Waals surface area contributed by atoms with Crippen LogP contribution >= 0.6 is 36.4 Å². The van der Waals surface area contributed by atoms with E-state index in [-0.39, 0.29) is 35.9 Å². The second-order valence-electron chi connectivity index (χ2n) is 4.34. The van der Waals surface area contributed by atoms with Crippen molar-refractivity contribution in [2.75, 3.05) is 26.2 Å². The summed E-state index contributed by atoms with van der Waals surface area (Å²) in [5, 5.41) is 12.3.